The molecule has 0 spiro atoms. The van der Waals surface area contributed by atoms with Crippen molar-refractivity contribution in [3.63, 3.8) is 0 Å². The van der Waals surface area contributed by atoms with E-state index >= 15 is 0 Å². The number of nitrogens with zero attached hydrogens (tertiary/aromatic N) is 1. The molecule has 0 unspecified atom stereocenters. The van der Waals surface area contributed by atoms with Crippen molar-refractivity contribution in [3.05, 3.63) is 108 Å². The largest absolute Gasteiger partial charge is 0.444 e. The maximum atomic E-state index is 14.1. The van der Waals surface area contributed by atoms with Crippen LogP contribution in [0.25, 0.3) is 0 Å². The number of nitrogens with one attached hydrogen (secondary N) is 1. The third-order valence-electron chi connectivity index (χ3n) is 6.63. The maximum absolute atomic E-state index is 14.1. The standard InChI is InChI=1S/C32H38N2O4/c1-32(2,3)38-31(36)33-27(21-24-13-7-4-8-14-24)30(35)34-20-19-29(37-23-26-17-11-6-12-18-26)28(34)22-25-15-9-5-10-16-25/h4-18,27-29H,19-23H2,1-3H3,(H,33,36)/t27-,28+,29+/m0/s1. The molecule has 6 heteroatoms. The zero-order chi connectivity index (χ0) is 27.0. The third-order valence-corrected chi connectivity index (χ3v) is 6.63. The van der Waals surface area contributed by atoms with Crippen LogP contribution in [0.4, 0.5) is 4.79 Å². The first-order valence-electron chi connectivity index (χ1n) is 13.3. The first-order chi connectivity index (χ1) is 18.3. The Hall–Kier alpha value is -3.64. The van der Waals surface area contributed by atoms with E-state index in [4.69, 9.17) is 9.47 Å². The molecule has 2 amide bonds. The molecular formula is C32H38N2O4. The molecule has 3 aromatic rings. The SMILES string of the molecule is CC(C)(C)OC(=O)N[C@@H](Cc1ccccc1)C(=O)N1CC[C@@H](OCc2ccccc2)[C@H]1Cc1ccccc1. The Labute approximate surface area is 226 Å². The number of alkyl carbamates (subject to hydrolysis) is 1. The van der Waals surface area contributed by atoms with Crippen LogP contribution < -0.4 is 5.32 Å². The summed E-state index contributed by atoms with van der Waals surface area (Å²) in [5.41, 5.74) is 2.55. The summed E-state index contributed by atoms with van der Waals surface area (Å²) in [6.07, 6.45) is 1.08. The number of amides is 2. The predicted octanol–water partition coefficient (Wildman–Crippen LogP) is 5.55. The van der Waals surface area contributed by atoms with Crippen LogP contribution in [-0.4, -0.2) is 47.2 Å². The van der Waals surface area contributed by atoms with Crippen molar-refractivity contribution in [1.82, 2.24) is 10.2 Å². The summed E-state index contributed by atoms with van der Waals surface area (Å²) in [6, 6.07) is 29.1. The first-order valence-corrected chi connectivity index (χ1v) is 13.3. The topological polar surface area (TPSA) is 67.9 Å². The summed E-state index contributed by atoms with van der Waals surface area (Å²) in [4.78, 5) is 28.7. The minimum atomic E-state index is -0.751. The predicted molar refractivity (Wildman–Crippen MR) is 149 cm³/mol. The van der Waals surface area contributed by atoms with Crippen molar-refractivity contribution >= 4 is 12.0 Å². The zero-order valence-corrected chi connectivity index (χ0v) is 22.5. The molecule has 1 heterocycles. The summed E-state index contributed by atoms with van der Waals surface area (Å²) in [5, 5.41) is 2.86. The van der Waals surface area contributed by atoms with Gasteiger partial charge in [0.05, 0.1) is 18.8 Å². The van der Waals surface area contributed by atoms with Gasteiger partial charge in [0.1, 0.15) is 11.6 Å². The van der Waals surface area contributed by atoms with Crippen molar-refractivity contribution in [1.29, 1.82) is 0 Å². The number of carbonyl (C=O) groups is 2. The van der Waals surface area contributed by atoms with Gasteiger partial charge in [-0.2, -0.15) is 0 Å². The van der Waals surface area contributed by atoms with Crippen LogP contribution in [0.1, 0.15) is 43.9 Å². The number of likely N-dealkylation sites (tertiary alicyclic amines) is 1. The molecule has 1 aliphatic heterocycles. The van der Waals surface area contributed by atoms with E-state index < -0.39 is 17.7 Å². The second kappa shape index (κ2) is 12.7. The van der Waals surface area contributed by atoms with E-state index in [0.29, 0.717) is 26.0 Å². The maximum Gasteiger partial charge on any atom is 0.408 e. The molecule has 1 aliphatic rings. The Bertz CT molecular complexity index is 1160. The van der Waals surface area contributed by atoms with Gasteiger partial charge in [0.2, 0.25) is 5.91 Å². The average Bonchev–Trinajstić information content (AvgIpc) is 3.29. The normalized spacial score (nSPS) is 18.1. The number of carbonyl (C=O) groups excluding carboxylic acids is 2. The fourth-order valence-electron chi connectivity index (χ4n) is 4.87. The van der Waals surface area contributed by atoms with Gasteiger partial charge >= 0.3 is 6.09 Å². The van der Waals surface area contributed by atoms with Gasteiger partial charge in [0.25, 0.3) is 0 Å². The van der Waals surface area contributed by atoms with Crippen molar-refractivity contribution in [3.8, 4) is 0 Å². The van der Waals surface area contributed by atoms with E-state index in [1.165, 1.54) is 0 Å². The Morgan fingerprint density at radius 1 is 0.868 bits per heavy atom. The molecule has 0 aliphatic carbocycles. The van der Waals surface area contributed by atoms with Crippen LogP contribution in [0.3, 0.4) is 0 Å². The van der Waals surface area contributed by atoms with Gasteiger partial charge < -0.3 is 19.7 Å². The third kappa shape index (κ3) is 7.93. The van der Waals surface area contributed by atoms with Crippen LogP contribution in [0.15, 0.2) is 91.0 Å². The van der Waals surface area contributed by atoms with E-state index in [2.05, 4.69) is 17.4 Å². The highest BCUT2D eigenvalue weighted by Gasteiger charge is 2.40. The highest BCUT2D eigenvalue weighted by Crippen LogP contribution is 2.27. The average molecular weight is 515 g/mol. The molecule has 0 saturated carbocycles. The molecule has 0 radical (unpaired) electrons. The van der Waals surface area contributed by atoms with Gasteiger partial charge in [-0.05, 0) is 50.3 Å². The van der Waals surface area contributed by atoms with Gasteiger partial charge in [0.15, 0.2) is 0 Å². The number of hydrogen-bond acceptors (Lipinski definition) is 4. The Morgan fingerprint density at radius 2 is 1.42 bits per heavy atom. The first kappa shape index (κ1) is 27.4. The van der Waals surface area contributed by atoms with Gasteiger partial charge in [-0.3, -0.25) is 4.79 Å². The summed E-state index contributed by atoms with van der Waals surface area (Å²) in [6.45, 7) is 6.49. The Balaban J connectivity index is 1.55. The molecule has 0 bridgehead atoms. The summed E-state index contributed by atoms with van der Waals surface area (Å²) in [5.74, 6) is -0.119. The molecule has 4 rings (SSSR count). The van der Waals surface area contributed by atoms with Crippen molar-refractivity contribution in [2.45, 2.75) is 70.4 Å². The van der Waals surface area contributed by atoms with E-state index in [1.807, 2.05) is 105 Å². The summed E-state index contributed by atoms with van der Waals surface area (Å²) < 4.78 is 11.9. The number of hydrogen-bond donors (Lipinski definition) is 1. The second-order valence-electron chi connectivity index (χ2n) is 10.8. The van der Waals surface area contributed by atoms with Crippen LogP contribution in [0, 0.1) is 0 Å². The van der Waals surface area contributed by atoms with Gasteiger partial charge in [0, 0.05) is 13.0 Å². The zero-order valence-electron chi connectivity index (χ0n) is 22.5. The van der Waals surface area contributed by atoms with Crippen LogP contribution >= 0.6 is 0 Å². The van der Waals surface area contributed by atoms with E-state index in [0.717, 1.165) is 23.1 Å². The lowest BCUT2D eigenvalue weighted by molar-refractivity contribution is -0.135. The fraction of sp³-hybridized carbons (Fsp3) is 0.375. The van der Waals surface area contributed by atoms with Crippen molar-refractivity contribution in [2.24, 2.45) is 0 Å². The quantitative estimate of drug-likeness (QED) is 0.407. The van der Waals surface area contributed by atoms with E-state index in [-0.39, 0.29) is 18.1 Å². The smallest absolute Gasteiger partial charge is 0.408 e. The summed E-state index contributed by atoms with van der Waals surface area (Å²) >= 11 is 0. The van der Waals surface area contributed by atoms with E-state index in [1.54, 1.807) is 0 Å². The highest BCUT2D eigenvalue weighted by molar-refractivity contribution is 5.86. The fourth-order valence-corrected chi connectivity index (χ4v) is 4.87. The van der Waals surface area contributed by atoms with Crippen molar-refractivity contribution < 1.29 is 19.1 Å². The van der Waals surface area contributed by atoms with Crippen molar-refractivity contribution in [2.75, 3.05) is 6.54 Å². The van der Waals surface area contributed by atoms with Gasteiger partial charge in [-0.15, -0.1) is 0 Å². The minimum Gasteiger partial charge on any atom is -0.444 e. The second-order valence-corrected chi connectivity index (χ2v) is 10.8. The molecule has 1 fully saturated rings. The lowest BCUT2D eigenvalue weighted by Gasteiger charge is -2.32. The molecule has 0 aromatic heterocycles. The summed E-state index contributed by atoms with van der Waals surface area (Å²) in [7, 11) is 0. The van der Waals surface area contributed by atoms with Gasteiger partial charge in [-0.25, -0.2) is 4.79 Å². The molecule has 38 heavy (non-hydrogen) atoms. The molecule has 1 saturated heterocycles. The number of ether oxygens (including phenoxy) is 2. The Morgan fingerprint density at radius 3 is 2.00 bits per heavy atom. The highest BCUT2D eigenvalue weighted by atomic mass is 16.6. The monoisotopic (exact) mass is 514 g/mol. The van der Waals surface area contributed by atoms with Crippen LogP contribution in [0.2, 0.25) is 0 Å². The van der Waals surface area contributed by atoms with Crippen LogP contribution in [-0.2, 0) is 33.7 Å². The molecule has 200 valence electrons. The lowest BCUT2D eigenvalue weighted by Crippen LogP contribution is -2.53. The van der Waals surface area contributed by atoms with Gasteiger partial charge in [-0.1, -0.05) is 91.0 Å². The lowest BCUT2D eigenvalue weighted by atomic mass is 10.00. The molecule has 6 nitrogen and oxygen atoms in total. The minimum absolute atomic E-state index is 0.113. The number of benzene rings is 3. The molecule has 3 atom stereocenters. The number of rotatable bonds is 9. The van der Waals surface area contributed by atoms with Crippen LogP contribution in [0.5, 0.6) is 0 Å². The Kier molecular flexibility index (Phi) is 9.19. The van der Waals surface area contributed by atoms with E-state index in [9.17, 15) is 9.59 Å². The molecule has 3 aromatic carbocycles. The molecule has 1 N–H and O–H groups in total. The molecular weight excluding hydrogens is 476 g/mol.